The molecule has 0 heterocycles. The van der Waals surface area contributed by atoms with Gasteiger partial charge in [0, 0.05) is 0 Å². The predicted molar refractivity (Wildman–Crippen MR) is 330 cm³/mol. The van der Waals surface area contributed by atoms with Crippen LogP contribution in [0.15, 0.2) is 315 Å². The molecule has 0 nitrogen and oxygen atoms in total. The minimum absolute atomic E-state index is 0. The Morgan fingerprint density at radius 3 is 0.562 bits per heavy atom. The van der Waals surface area contributed by atoms with Gasteiger partial charge in [-0.15, -0.1) is 138 Å². The van der Waals surface area contributed by atoms with Crippen LogP contribution in [0.1, 0.15) is 0 Å². The molecule has 0 radical (unpaired) electrons. The van der Waals surface area contributed by atoms with Gasteiger partial charge in [-0.2, -0.15) is 0 Å². The molecule has 16 rings (SSSR count). The molecule has 0 saturated heterocycles. The number of halogens is 2. The molecule has 4 heteroatoms. The topological polar surface area (TPSA) is 0 Å². The largest absolute Gasteiger partial charge is 2.00 e. The number of hydrogen-bond donors (Lipinski definition) is 0. The molecule has 0 aliphatic carbocycles. The standard InChI is InChI=1S/4C19H13.2ClH.2Zr/c4*1-2-8-16-13-17(12-15(16)7-1)19-11-5-9-14-6-3-4-10-18(14)19;;;;/h4*1-13H;2*1H;;/q4*-1;;;2*+2/p-2. The van der Waals surface area contributed by atoms with Crippen LogP contribution in [0.25, 0.3) is 131 Å². The van der Waals surface area contributed by atoms with E-state index < -0.39 is 0 Å². The van der Waals surface area contributed by atoms with Gasteiger partial charge >= 0.3 is 52.4 Å². The molecule has 80 heavy (non-hydrogen) atoms. The number of rotatable bonds is 4. The van der Waals surface area contributed by atoms with Crippen molar-refractivity contribution in [3.05, 3.63) is 315 Å². The van der Waals surface area contributed by atoms with Gasteiger partial charge in [-0.3, -0.25) is 0 Å². The molecule has 0 aliphatic heterocycles. The molecular formula is C76H52Cl2Zr2-2. The Hall–Kier alpha value is -7.53. The Labute approximate surface area is 518 Å². The SMILES string of the molecule is [Cl-].[Cl-].[Zr+2].[Zr+2].c1ccc2[cH-]c(-c3cccc4ccccc34)cc2c1.c1ccc2[cH-]c(-c3cccc4ccccc34)cc2c1.c1ccc2[cH-]c(-c3cccc4ccccc34)cc2c1.c1ccc2[cH-]c(-c3cccc4ccccc34)cc2c1. The van der Waals surface area contributed by atoms with Crippen molar-refractivity contribution >= 4 is 86.2 Å². The second-order valence-electron chi connectivity index (χ2n) is 19.6. The van der Waals surface area contributed by atoms with Gasteiger partial charge in [0.25, 0.3) is 0 Å². The third-order valence-electron chi connectivity index (χ3n) is 14.9. The van der Waals surface area contributed by atoms with Gasteiger partial charge in [-0.05, 0) is 43.1 Å². The van der Waals surface area contributed by atoms with E-state index in [0.29, 0.717) is 0 Å². The fourth-order valence-electron chi connectivity index (χ4n) is 11.1. The van der Waals surface area contributed by atoms with Crippen LogP contribution >= 0.6 is 0 Å². The molecule has 0 N–H and O–H groups in total. The van der Waals surface area contributed by atoms with Crippen LogP contribution in [0.4, 0.5) is 0 Å². The molecule has 16 aromatic carbocycles. The van der Waals surface area contributed by atoms with Crippen molar-refractivity contribution < 1.29 is 77.2 Å². The molecular weight excluding hydrogens is 1170 g/mol. The molecule has 0 aromatic heterocycles. The number of fused-ring (bicyclic) bond motifs is 8. The van der Waals surface area contributed by atoms with Crippen molar-refractivity contribution in [3.8, 4) is 44.5 Å². The maximum Gasteiger partial charge on any atom is 2.00 e. The zero-order valence-corrected chi connectivity index (χ0v) is 50.2. The van der Waals surface area contributed by atoms with Crippen LogP contribution in [-0.2, 0) is 52.4 Å². The first kappa shape index (κ1) is 57.2. The summed E-state index contributed by atoms with van der Waals surface area (Å²) in [6.07, 6.45) is 0. The molecule has 16 aromatic rings. The van der Waals surface area contributed by atoms with Gasteiger partial charge in [-0.25, -0.2) is 0 Å². The van der Waals surface area contributed by atoms with Gasteiger partial charge in [0.2, 0.25) is 0 Å². The van der Waals surface area contributed by atoms with Crippen LogP contribution < -0.4 is 24.8 Å². The van der Waals surface area contributed by atoms with Crippen LogP contribution in [-0.4, -0.2) is 0 Å². The Balaban J connectivity index is 0.000000127. The maximum atomic E-state index is 2.27. The van der Waals surface area contributed by atoms with Crippen LogP contribution in [0.2, 0.25) is 0 Å². The van der Waals surface area contributed by atoms with Crippen molar-refractivity contribution in [2.75, 3.05) is 0 Å². The minimum Gasteiger partial charge on any atom is -1.00 e. The van der Waals surface area contributed by atoms with Crippen molar-refractivity contribution in [3.63, 3.8) is 0 Å². The quantitative estimate of drug-likeness (QED) is 0.154. The Morgan fingerprint density at radius 1 is 0.175 bits per heavy atom. The van der Waals surface area contributed by atoms with E-state index in [-0.39, 0.29) is 77.2 Å². The van der Waals surface area contributed by atoms with E-state index in [2.05, 4.69) is 315 Å². The fraction of sp³-hybridized carbons (Fsp3) is 0. The van der Waals surface area contributed by atoms with Crippen molar-refractivity contribution in [2.24, 2.45) is 0 Å². The van der Waals surface area contributed by atoms with Crippen molar-refractivity contribution in [1.29, 1.82) is 0 Å². The molecule has 0 spiro atoms. The second kappa shape index (κ2) is 26.2. The Bertz CT molecular complexity index is 3930. The van der Waals surface area contributed by atoms with Crippen molar-refractivity contribution in [1.82, 2.24) is 0 Å². The smallest absolute Gasteiger partial charge is 1.00 e. The minimum atomic E-state index is 0. The second-order valence-corrected chi connectivity index (χ2v) is 19.6. The van der Waals surface area contributed by atoms with Crippen LogP contribution in [0.3, 0.4) is 0 Å². The zero-order chi connectivity index (χ0) is 50.6. The normalized spacial score (nSPS) is 10.6. The van der Waals surface area contributed by atoms with E-state index in [1.165, 1.54) is 131 Å². The molecule has 0 atom stereocenters. The molecule has 0 fully saturated rings. The van der Waals surface area contributed by atoms with Gasteiger partial charge in [0.15, 0.2) is 0 Å². The fourth-order valence-corrected chi connectivity index (χ4v) is 11.1. The van der Waals surface area contributed by atoms with E-state index in [1.54, 1.807) is 0 Å². The summed E-state index contributed by atoms with van der Waals surface area (Å²) < 4.78 is 0. The summed E-state index contributed by atoms with van der Waals surface area (Å²) >= 11 is 0. The van der Waals surface area contributed by atoms with E-state index in [9.17, 15) is 0 Å². The van der Waals surface area contributed by atoms with E-state index in [0.717, 1.165) is 0 Å². The molecule has 0 bridgehead atoms. The summed E-state index contributed by atoms with van der Waals surface area (Å²) in [4.78, 5) is 0. The summed E-state index contributed by atoms with van der Waals surface area (Å²) in [5, 5.41) is 20.9. The first-order valence-electron chi connectivity index (χ1n) is 26.2. The first-order chi connectivity index (χ1) is 37.7. The molecule has 380 valence electrons. The summed E-state index contributed by atoms with van der Waals surface area (Å²) in [6, 6.07) is 113. The zero-order valence-electron chi connectivity index (χ0n) is 43.8. The Morgan fingerprint density at radius 2 is 0.350 bits per heavy atom. The monoisotopic (exact) mass is 1210 g/mol. The first-order valence-corrected chi connectivity index (χ1v) is 26.2. The summed E-state index contributed by atoms with van der Waals surface area (Å²) in [7, 11) is 0. The van der Waals surface area contributed by atoms with E-state index in [4.69, 9.17) is 0 Å². The van der Waals surface area contributed by atoms with Gasteiger partial charge in [0.05, 0.1) is 0 Å². The molecule has 0 aliphatic rings. The van der Waals surface area contributed by atoms with Crippen molar-refractivity contribution in [2.45, 2.75) is 0 Å². The molecule has 0 unspecified atom stereocenters. The third-order valence-corrected chi connectivity index (χ3v) is 14.9. The summed E-state index contributed by atoms with van der Waals surface area (Å²) in [6.45, 7) is 0. The van der Waals surface area contributed by atoms with Gasteiger partial charge in [0.1, 0.15) is 0 Å². The Kier molecular flexibility index (Phi) is 18.7. The van der Waals surface area contributed by atoms with Gasteiger partial charge < -0.3 is 24.8 Å². The maximum absolute atomic E-state index is 2.27. The summed E-state index contributed by atoms with van der Waals surface area (Å²) in [5.74, 6) is 0. The van der Waals surface area contributed by atoms with E-state index >= 15 is 0 Å². The summed E-state index contributed by atoms with van der Waals surface area (Å²) in [5.41, 5.74) is 10.5. The third kappa shape index (κ3) is 12.0. The average molecular weight is 1220 g/mol. The van der Waals surface area contributed by atoms with Gasteiger partial charge in [-0.1, -0.05) is 265 Å². The van der Waals surface area contributed by atoms with Crippen LogP contribution in [0, 0.1) is 0 Å². The average Bonchev–Trinajstić information content (AvgIpc) is 4.38. The molecule has 0 saturated carbocycles. The number of benzene rings is 12. The number of hydrogen-bond acceptors (Lipinski definition) is 0. The van der Waals surface area contributed by atoms with Crippen LogP contribution in [0.5, 0.6) is 0 Å². The predicted octanol–water partition coefficient (Wildman–Crippen LogP) is 15.5. The molecule has 0 amide bonds. The van der Waals surface area contributed by atoms with E-state index in [1.807, 2.05) is 0 Å².